The Kier molecular flexibility index (Phi) is 1.61. The second kappa shape index (κ2) is 2.31. The summed E-state index contributed by atoms with van der Waals surface area (Å²) in [5.74, 6) is -3.93. The molecule has 7 heteroatoms. The number of amides is 4. The first-order chi connectivity index (χ1) is 5.04. The van der Waals surface area contributed by atoms with Gasteiger partial charge in [-0.3, -0.25) is 19.7 Å². The zero-order valence-corrected chi connectivity index (χ0v) is 5.71. The predicted molar refractivity (Wildman–Crippen MR) is 31.2 cm³/mol. The second-order valence-corrected chi connectivity index (χ2v) is 2.01. The number of rotatable bonds is 0. The molecular formula is C4HClN2O4. The Bertz CT molecular complexity index is 273. The van der Waals surface area contributed by atoms with Gasteiger partial charge in [0.2, 0.25) is 0 Å². The van der Waals surface area contributed by atoms with E-state index in [0.29, 0.717) is 0 Å². The van der Waals surface area contributed by atoms with Gasteiger partial charge in [-0.1, -0.05) is 0 Å². The van der Waals surface area contributed by atoms with Gasteiger partial charge in [0.25, 0.3) is 0 Å². The van der Waals surface area contributed by atoms with Crippen LogP contribution in [0.15, 0.2) is 0 Å². The topological polar surface area (TPSA) is 83.6 Å². The monoisotopic (exact) mass is 176 g/mol. The van der Waals surface area contributed by atoms with E-state index < -0.39 is 23.6 Å². The van der Waals surface area contributed by atoms with Gasteiger partial charge < -0.3 is 0 Å². The molecule has 0 atom stereocenters. The molecule has 4 amide bonds. The van der Waals surface area contributed by atoms with Gasteiger partial charge in [0.05, 0.1) is 0 Å². The largest absolute Gasteiger partial charge is 0.346 e. The van der Waals surface area contributed by atoms with E-state index in [9.17, 15) is 19.2 Å². The molecule has 6 nitrogen and oxygen atoms in total. The van der Waals surface area contributed by atoms with E-state index in [-0.39, 0.29) is 4.42 Å². The summed E-state index contributed by atoms with van der Waals surface area (Å²) in [5, 5.41) is 1.55. The number of imide groups is 2. The number of nitrogens with one attached hydrogen (secondary N) is 1. The normalized spacial score (nSPS) is 18.8. The maximum atomic E-state index is 10.5. The highest BCUT2D eigenvalue weighted by atomic mass is 35.5. The zero-order chi connectivity index (χ0) is 8.59. The molecule has 0 aliphatic carbocycles. The molecule has 0 saturated carbocycles. The lowest BCUT2D eigenvalue weighted by Gasteiger charge is -2.15. The van der Waals surface area contributed by atoms with Gasteiger partial charge in [-0.15, -0.1) is 0 Å². The van der Waals surface area contributed by atoms with Crippen LogP contribution in [0.4, 0.5) is 4.79 Å². The SMILES string of the molecule is O=C1NC(=O)N(Cl)C(=O)C1=O. The van der Waals surface area contributed by atoms with Gasteiger partial charge in [0.15, 0.2) is 0 Å². The zero-order valence-electron chi connectivity index (χ0n) is 4.96. The third kappa shape index (κ3) is 1.07. The molecule has 0 aromatic heterocycles. The lowest BCUT2D eigenvalue weighted by atomic mass is 10.3. The molecule has 0 aromatic carbocycles. The fraction of sp³-hybridized carbons (Fsp3) is 0. The van der Waals surface area contributed by atoms with Crippen LogP contribution in [-0.4, -0.2) is 28.0 Å². The molecular weight excluding hydrogens is 176 g/mol. The maximum absolute atomic E-state index is 10.5. The summed E-state index contributed by atoms with van der Waals surface area (Å²) in [5.41, 5.74) is 0. The Morgan fingerprint density at radius 1 is 1.18 bits per heavy atom. The van der Waals surface area contributed by atoms with Gasteiger partial charge in [0, 0.05) is 11.8 Å². The fourth-order valence-electron chi connectivity index (χ4n) is 0.481. The van der Waals surface area contributed by atoms with Crippen LogP contribution in [0.2, 0.25) is 0 Å². The van der Waals surface area contributed by atoms with Crippen molar-refractivity contribution in [1.82, 2.24) is 9.74 Å². The first-order valence-electron chi connectivity index (χ1n) is 2.43. The Hall–Kier alpha value is -1.43. The van der Waals surface area contributed by atoms with Crippen molar-refractivity contribution < 1.29 is 19.2 Å². The van der Waals surface area contributed by atoms with Crippen LogP contribution in [0.1, 0.15) is 0 Å². The number of ketones is 1. The van der Waals surface area contributed by atoms with E-state index in [0.717, 1.165) is 0 Å². The van der Waals surface area contributed by atoms with E-state index in [1.807, 2.05) is 0 Å². The van der Waals surface area contributed by atoms with E-state index in [4.69, 9.17) is 11.8 Å². The average molecular weight is 177 g/mol. The minimum atomic E-state index is -1.35. The van der Waals surface area contributed by atoms with Gasteiger partial charge >= 0.3 is 23.6 Å². The lowest BCUT2D eigenvalue weighted by Crippen LogP contribution is -2.54. The highest BCUT2D eigenvalue weighted by Gasteiger charge is 2.38. The van der Waals surface area contributed by atoms with Crippen molar-refractivity contribution in [2.75, 3.05) is 0 Å². The molecule has 0 spiro atoms. The lowest BCUT2D eigenvalue weighted by molar-refractivity contribution is -0.148. The van der Waals surface area contributed by atoms with Crippen molar-refractivity contribution in [2.45, 2.75) is 0 Å². The van der Waals surface area contributed by atoms with E-state index in [1.165, 1.54) is 0 Å². The van der Waals surface area contributed by atoms with E-state index in [1.54, 1.807) is 5.32 Å². The number of hydrogen-bond acceptors (Lipinski definition) is 4. The molecule has 1 heterocycles. The minimum Gasteiger partial charge on any atom is -0.277 e. The van der Waals surface area contributed by atoms with Gasteiger partial charge in [-0.2, -0.15) is 4.42 Å². The molecule has 1 N–H and O–H groups in total. The summed E-state index contributed by atoms with van der Waals surface area (Å²) < 4.78 is 0.0176. The number of nitrogens with zero attached hydrogens (tertiary/aromatic N) is 1. The first-order valence-corrected chi connectivity index (χ1v) is 2.77. The van der Waals surface area contributed by atoms with Gasteiger partial charge in [0.1, 0.15) is 0 Å². The van der Waals surface area contributed by atoms with Crippen molar-refractivity contribution >= 4 is 35.4 Å². The molecule has 1 aliphatic heterocycles. The smallest absolute Gasteiger partial charge is 0.277 e. The standard InChI is InChI=1S/C4HClN2O4/c5-7-3(10)1(8)2(9)6-4(7)11/h(H,6,9,11). The third-order valence-corrected chi connectivity index (χ3v) is 1.28. The Labute approximate surface area is 65.2 Å². The average Bonchev–Trinajstić information content (AvgIpc) is 1.97. The quantitative estimate of drug-likeness (QED) is 0.371. The van der Waals surface area contributed by atoms with E-state index >= 15 is 0 Å². The summed E-state index contributed by atoms with van der Waals surface area (Å²) in [7, 11) is 0. The summed E-state index contributed by atoms with van der Waals surface area (Å²) >= 11 is 4.98. The van der Waals surface area contributed by atoms with Crippen molar-refractivity contribution in [3.8, 4) is 0 Å². The fourth-order valence-corrected chi connectivity index (χ4v) is 0.600. The first kappa shape index (κ1) is 7.67. The number of carbonyl (C=O) groups excluding carboxylic acids is 4. The predicted octanol–water partition coefficient (Wildman–Crippen LogP) is -1.21. The Balaban J connectivity index is 2.96. The second-order valence-electron chi connectivity index (χ2n) is 1.67. The molecule has 1 saturated heterocycles. The molecule has 1 rings (SSSR count). The summed E-state index contributed by atoms with van der Waals surface area (Å²) in [4.78, 5) is 41.8. The van der Waals surface area contributed by atoms with Gasteiger partial charge in [-0.25, -0.2) is 4.79 Å². The van der Waals surface area contributed by atoms with Crippen LogP contribution in [0, 0.1) is 0 Å². The highest BCUT2D eigenvalue weighted by molar-refractivity contribution is 6.69. The van der Waals surface area contributed by atoms with E-state index in [2.05, 4.69) is 0 Å². The Morgan fingerprint density at radius 3 is 2.27 bits per heavy atom. The summed E-state index contributed by atoms with van der Waals surface area (Å²) in [6.07, 6.45) is 0. The molecule has 58 valence electrons. The van der Waals surface area contributed by atoms with Crippen LogP contribution < -0.4 is 5.32 Å². The third-order valence-electron chi connectivity index (χ3n) is 0.978. The molecule has 1 fully saturated rings. The molecule has 0 unspecified atom stereocenters. The minimum absolute atomic E-state index is 0.0176. The Morgan fingerprint density at radius 2 is 1.73 bits per heavy atom. The molecule has 0 aromatic rings. The summed E-state index contributed by atoms with van der Waals surface area (Å²) in [6, 6.07) is -1.11. The van der Waals surface area contributed by atoms with Crippen molar-refractivity contribution in [1.29, 1.82) is 0 Å². The van der Waals surface area contributed by atoms with Crippen LogP contribution >= 0.6 is 11.8 Å². The number of carbonyl (C=O) groups is 4. The molecule has 11 heavy (non-hydrogen) atoms. The summed E-state index contributed by atoms with van der Waals surface area (Å²) in [6.45, 7) is 0. The molecule has 0 bridgehead atoms. The molecule has 1 aliphatic rings. The van der Waals surface area contributed by atoms with Crippen LogP contribution in [0.25, 0.3) is 0 Å². The highest BCUT2D eigenvalue weighted by Crippen LogP contribution is 2.01. The van der Waals surface area contributed by atoms with Crippen molar-refractivity contribution in [2.24, 2.45) is 0 Å². The number of barbiturate groups is 1. The van der Waals surface area contributed by atoms with Crippen molar-refractivity contribution in [3.05, 3.63) is 0 Å². The number of hydrogen-bond donors (Lipinski definition) is 1. The van der Waals surface area contributed by atoms with Crippen LogP contribution in [0.3, 0.4) is 0 Å². The maximum Gasteiger partial charge on any atom is 0.346 e. The number of halogens is 1. The van der Waals surface area contributed by atoms with Crippen LogP contribution in [0.5, 0.6) is 0 Å². The number of urea groups is 1. The number of Topliss-reactive ketones (excluding diaryl/α,β-unsaturated/α-hetero) is 1. The van der Waals surface area contributed by atoms with Crippen LogP contribution in [-0.2, 0) is 14.4 Å². The molecule has 0 radical (unpaired) electrons. The van der Waals surface area contributed by atoms with Gasteiger partial charge in [-0.05, 0) is 0 Å². The van der Waals surface area contributed by atoms with Crippen molar-refractivity contribution in [3.63, 3.8) is 0 Å².